The lowest BCUT2D eigenvalue weighted by molar-refractivity contribution is -0.123. The van der Waals surface area contributed by atoms with Gasteiger partial charge in [-0.2, -0.15) is 0 Å². The van der Waals surface area contributed by atoms with Crippen LogP contribution in [-0.2, 0) is 9.59 Å². The second kappa shape index (κ2) is 6.08. The number of amides is 2. The van der Waals surface area contributed by atoms with Crippen LogP contribution in [0.25, 0.3) is 0 Å². The number of piperidine rings is 1. The molecule has 118 valence electrons. The number of ether oxygens (including phenoxy) is 1. The first-order valence-corrected chi connectivity index (χ1v) is 7.85. The lowest BCUT2D eigenvalue weighted by Crippen LogP contribution is -2.46. The quantitative estimate of drug-likeness (QED) is 0.802. The monoisotopic (exact) mass is 302 g/mol. The number of rotatable bonds is 3. The number of carbonyl (C=O) groups is 2. The van der Waals surface area contributed by atoms with Crippen molar-refractivity contribution in [3.63, 3.8) is 0 Å². The van der Waals surface area contributed by atoms with Crippen molar-refractivity contribution >= 4 is 17.5 Å². The molecule has 0 radical (unpaired) electrons. The van der Waals surface area contributed by atoms with Crippen LogP contribution in [0.3, 0.4) is 0 Å². The Labute approximate surface area is 130 Å². The molecule has 1 aromatic carbocycles. The van der Waals surface area contributed by atoms with E-state index < -0.39 is 0 Å². The number of hydrogen-bond acceptors (Lipinski definition) is 4. The van der Waals surface area contributed by atoms with Crippen LogP contribution in [0.4, 0.5) is 5.69 Å². The summed E-state index contributed by atoms with van der Waals surface area (Å²) < 4.78 is 5.12. The summed E-state index contributed by atoms with van der Waals surface area (Å²) in [7, 11) is 1.59. The third kappa shape index (κ3) is 2.73. The predicted molar refractivity (Wildman–Crippen MR) is 83.9 cm³/mol. The van der Waals surface area contributed by atoms with Gasteiger partial charge in [0.1, 0.15) is 5.75 Å². The highest BCUT2D eigenvalue weighted by Gasteiger charge is 2.43. The first kappa shape index (κ1) is 15.0. The molecule has 2 saturated heterocycles. The third-order valence-corrected chi connectivity index (χ3v) is 4.58. The predicted octanol–water partition coefficient (Wildman–Crippen LogP) is 2.06. The van der Waals surface area contributed by atoms with E-state index in [0.29, 0.717) is 17.4 Å². The Bertz CT molecular complexity index is 570. The summed E-state index contributed by atoms with van der Waals surface area (Å²) in [5.74, 6) is 1.10. The van der Waals surface area contributed by atoms with Crippen LogP contribution in [0.1, 0.15) is 26.2 Å². The summed E-state index contributed by atoms with van der Waals surface area (Å²) >= 11 is 0. The average molecular weight is 302 g/mol. The number of carbonyl (C=O) groups excluding carboxylic acids is 2. The van der Waals surface area contributed by atoms with Crippen LogP contribution in [0.2, 0.25) is 0 Å². The highest BCUT2D eigenvalue weighted by molar-refractivity contribution is 6.22. The van der Waals surface area contributed by atoms with E-state index in [4.69, 9.17) is 4.74 Å². The molecule has 2 amide bonds. The molecule has 5 heteroatoms. The number of nitrogens with zero attached hydrogens (tertiary/aromatic N) is 2. The molecule has 1 aromatic rings. The maximum atomic E-state index is 12.7. The van der Waals surface area contributed by atoms with Crippen molar-refractivity contribution in [2.45, 2.75) is 32.2 Å². The van der Waals surface area contributed by atoms with E-state index >= 15 is 0 Å². The van der Waals surface area contributed by atoms with Gasteiger partial charge in [-0.3, -0.25) is 14.5 Å². The molecule has 5 nitrogen and oxygen atoms in total. The Morgan fingerprint density at radius 2 is 1.91 bits per heavy atom. The van der Waals surface area contributed by atoms with Crippen LogP contribution < -0.4 is 9.64 Å². The molecule has 2 aliphatic rings. The standard InChI is InChI=1S/C17H22N2O3/c1-12-4-3-9-18(11-12)15-10-16(20)19(17(15)21)13-5-7-14(22-2)8-6-13/h5-8,12,15H,3-4,9-11H2,1-2H3/t12-,15-/m1/s1. The number of imide groups is 1. The zero-order chi connectivity index (χ0) is 15.7. The van der Waals surface area contributed by atoms with E-state index in [2.05, 4.69) is 11.8 Å². The maximum Gasteiger partial charge on any atom is 0.251 e. The van der Waals surface area contributed by atoms with Crippen LogP contribution in [0.15, 0.2) is 24.3 Å². The molecule has 2 aliphatic heterocycles. The first-order chi connectivity index (χ1) is 10.6. The lowest BCUT2D eigenvalue weighted by Gasteiger charge is -2.34. The topological polar surface area (TPSA) is 49.9 Å². The lowest BCUT2D eigenvalue weighted by atomic mass is 9.98. The summed E-state index contributed by atoms with van der Waals surface area (Å²) in [6.07, 6.45) is 2.59. The maximum absolute atomic E-state index is 12.7. The molecular formula is C17H22N2O3. The van der Waals surface area contributed by atoms with E-state index in [1.165, 1.54) is 11.3 Å². The molecule has 0 saturated carbocycles. The molecule has 22 heavy (non-hydrogen) atoms. The van der Waals surface area contributed by atoms with Crippen molar-refractivity contribution < 1.29 is 14.3 Å². The van der Waals surface area contributed by atoms with Crippen LogP contribution in [-0.4, -0.2) is 43.0 Å². The summed E-state index contributed by atoms with van der Waals surface area (Å²) in [6, 6.07) is 6.77. The van der Waals surface area contributed by atoms with Crippen LogP contribution in [0.5, 0.6) is 5.75 Å². The van der Waals surface area contributed by atoms with Gasteiger partial charge < -0.3 is 4.74 Å². The van der Waals surface area contributed by atoms with E-state index in [9.17, 15) is 9.59 Å². The van der Waals surface area contributed by atoms with E-state index in [0.717, 1.165) is 19.5 Å². The minimum absolute atomic E-state index is 0.0933. The summed E-state index contributed by atoms with van der Waals surface area (Å²) in [5, 5.41) is 0. The second-order valence-electron chi connectivity index (χ2n) is 6.23. The first-order valence-electron chi connectivity index (χ1n) is 7.85. The third-order valence-electron chi connectivity index (χ3n) is 4.58. The smallest absolute Gasteiger partial charge is 0.251 e. The number of hydrogen-bond donors (Lipinski definition) is 0. The van der Waals surface area contributed by atoms with Gasteiger partial charge in [-0.25, -0.2) is 4.90 Å². The fourth-order valence-corrected chi connectivity index (χ4v) is 3.41. The van der Waals surface area contributed by atoms with Crippen molar-refractivity contribution in [1.29, 1.82) is 0 Å². The Balaban J connectivity index is 1.78. The van der Waals surface area contributed by atoms with Gasteiger partial charge in [-0.1, -0.05) is 6.92 Å². The summed E-state index contributed by atoms with van der Waals surface area (Å²) in [5.41, 5.74) is 0.628. The average Bonchev–Trinajstić information content (AvgIpc) is 2.82. The molecule has 0 aromatic heterocycles. The van der Waals surface area contributed by atoms with Crippen LogP contribution in [0, 0.1) is 5.92 Å². The summed E-state index contributed by atoms with van der Waals surface area (Å²) in [6.45, 7) is 4.01. The highest BCUT2D eigenvalue weighted by Crippen LogP contribution is 2.29. The van der Waals surface area contributed by atoms with Crippen molar-refractivity contribution in [3.8, 4) is 5.75 Å². The molecule has 2 heterocycles. The fourth-order valence-electron chi connectivity index (χ4n) is 3.41. The Morgan fingerprint density at radius 1 is 1.18 bits per heavy atom. The fraction of sp³-hybridized carbons (Fsp3) is 0.529. The zero-order valence-electron chi connectivity index (χ0n) is 13.1. The number of methoxy groups -OCH3 is 1. The Hall–Kier alpha value is -1.88. The van der Waals surface area contributed by atoms with Gasteiger partial charge >= 0.3 is 0 Å². The zero-order valence-corrected chi connectivity index (χ0v) is 13.1. The van der Waals surface area contributed by atoms with Gasteiger partial charge in [0.2, 0.25) is 5.91 Å². The van der Waals surface area contributed by atoms with Gasteiger partial charge in [0, 0.05) is 6.54 Å². The molecule has 0 spiro atoms. The highest BCUT2D eigenvalue weighted by atomic mass is 16.5. The molecule has 2 atom stereocenters. The van der Waals surface area contributed by atoms with Crippen molar-refractivity contribution in [2.24, 2.45) is 5.92 Å². The Kier molecular flexibility index (Phi) is 4.16. The van der Waals surface area contributed by atoms with Crippen molar-refractivity contribution in [1.82, 2.24) is 4.90 Å². The summed E-state index contributed by atoms with van der Waals surface area (Å²) in [4.78, 5) is 28.5. The molecule has 0 unspecified atom stereocenters. The molecule has 0 N–H and O–H groups in total. The van der Waals surface area contributed by atoms with Gasteiger partial charge in [0.25, 0.3) is 5.91 Å². The molecule has 2 fully saturated rings. The van der Waals surface area contributed by atoms with Crippen molar-refractivity contribution in [3.05, 3.63) is 24.3 Å². The Morgan fingerprint density at radius 3 is 2.55 bits per heavy atom. The molecule has 3 rings (SSSR count). The minimum atomic E-state index is -0.294. The van der Waals surface area contributed by atoms with Crippen molar-refractivity contribution in [2.75, 3.05) is 25.1 Å². The SMILES string of the molecule is COc1ccc(N2C(=O)C[C@@H](N3CCC[C@@H](C)C3)C2=O)cc1. The van der Waals surface area contributed by atoms with Gasteiger partial charge in [0.05, 0.1) is 25.3 Å². The van der Waals surface area contributed by atoms with E-state index in [-0.39, 0.29) is 24.3 Å². The minimum Gasteiger partial charge on any atom is -0.497 e. The van der Waals surface area contributed by atoms with Gasteiger partial charge in [-0.15, -0.1) is 0 Å². The number of anilines is 1. The van der Waals surface area contributed by atoms with Gasteiger partial charge in [0.15, 0.2) is 0 Å². The van der Waals surface area contributed by atoms with Gasteiger partial charge in [-0.05, 0) is 49.6 Å². The largest absolute Gasteiger partial charge is 0.497 e. The molecule has 0 bridgehead atoms. The molecule has 0 aliphatic carbocycles. The van der Waals surface area contributed by atoms with E-state index in [1.807, 2.05) is 0 Å². The normalized spacial score (nSPS) is 26.5. The van der Waals surface area contributed by atoms with E-state index in [1.54, 1.807) is 31.4 Å². The second-order valence-corrected chi connectivity index (χ2v) is 6.23. The molecular weight excluding hydrogens is 280 g/mol. The number of benzene rings is 1. The van der Waals surface area contributed by atoms with Crippen LogP contribution >= 0.6 is 0 Å². The number of likely N-dealkylation sites (tertiary alicyclic amines) is 1.